The first-order valence-electron chi connectivity index (χ1n) is 13.2. The van der Waals surface area contributed by atoms with Gasteiger partial charge < -0.3 is 0 Å². The van der Waals surface area contributed by atoms with Crippen LogP contribution in [-0.4, -0.2) is 0 Å². The predicted molar refractivity (Wildman–Crippen MR) is 164 cm³/mol. The Hall–Kier alpha value is -4.94. The Morgan fingerprint density at radius 2 is 0.763 bits per heavy atom. The van der Waals surface area contributed by atoms with Crippen LogP contribution in [0.1, 0.15) is 0 Å². The lowest BCUT2D eigenvalue weighted by Gasteiger charge is -2.21. The first kappa shape index (κ1) is 21.2. The van der Waals surface area contributed by atoms with E-state index in [1.165, 1.54) is 76.5 Å². The van der Waals surface area contributed by atoms with E-state index in [1.807, 2.05) is 0 Å². The average Bonchev–Trinajstić information content (AvgIpc) is 3.00. The van der Waals surface area contributed by atoms with Crippen molar-refractivity contribution in [3.05, 3.63) is 146 Å². The van der Waals surface area contributed by atoms with E-state index >= 15 is 0 Å². The second-order valence-corrected chi connectivity index (χ2v) is 10.1. The van der Waals surface area contributed by atoms with E-state index in [1.54, 1.807) is 0 Å². The van der Waals surface area contributed by atoms with Crippen LogP contribution in [0, 0.1) is 0 Å². The minimum absolute atomic E-state index is 1.23. The molecule has 8 aromatic carbocycles. The highest BCUT2D eigenvalue weighted by molar-refractivity contribution is 6.35. The van der Waals surface area contributed by atoms with Crippen molar-refractivity contribution in [2.24, 2.45) is 0 Å². The molecule has 0 aliphatic carbocycles. The van der Waals surface area contributed by atoms with Crippen LogP contribution in [-0.2, 0) is 0 Å². The monoisotopic (exact) mass is 480 g/mol. The molecule has 0 atom stereocenters. The maximum Gasteiger partial charge on any atom is -0.00137 e. The summed E-state index contributed by atoms with van der Waals surface area (Å²) in [4.78, 5) is 0. The molecule has 0 saturated carbocycles. The summed E-state index contributed by atoms with van der Waals surface area (Å²) < 4.78 is 0. The van der Waals surface area contributed by atoms with Crippen molar-refractivity contribution in [3.8, 4) is 33.4 Å². The SMILES string of the molecule is c1ccc(-c2cccc(-c3ccccc3)c2-c2ccc3cccc4c5cccc6cccc(c2c34)c65)cc1. The Labute approximate surface area is 221 Å². The average molecular weight is 481 g/mol. The molecule has 0 aliphatic rings. The molecule has 0 nitrogen and oxygen atoms in total. The van der Waals surface area contributed by atoms with Crippen LogP contribution in [0.15, 0.2) is 146 Å². The van der Waals surface area contributed by atoms with Gasteiger partial charge in [-0.05, 0) is 76.5 Å². The van der Waals surface area contributed by atoms with Crippen LogP contribution in [0.3, 0.4) is 0 Å². The lowest BCUT2D eigenvalue weighted by molar-refractivity contribution is 1.57. The summed E-state index contributed by atoms with van der Waals surface area (Å²) in [6.07, 6.45) is 0. The summed E-state index contributed by atoms with van der Waals surface area (Å²) in [5.41, 5.74) is 7.54. The van der Waals surface area contributed by atoms with Crippen LogP contribution >= 0.6 is 0 Å². The minimum Gasteiger partial charge on any atom is -0.0622 e. The Balaban J connectivity index is 1.62. The van der Waals surface area contributed by atoms with Crippen LogP contribution in [0.5, 0.6) is 0 Å². The lowest BCUT2D eigenvalue weighted by atomic mass is 9.82. The van der Waals surface area contributed by atoms with Crippen molar-refractivity contribution in [2.75, 3.05) is 0 Å². The largest absolute Gasteiger partial charge is 0.0622 e. The van der Waals surface area contributed by atoms with E-state index in [4.69, 9.17) is 0 Å². The molecular weight excluding hydrogens is 456 g/mol. The molecule has 0 aliphatic heterocycles. The van der Waals surface area contributed by atoms with E-state index in [-0.39, 0.29) is 0 Å². The zero-order valence-electron chi connectivity index (χ0n) is 20.9. The molecule has 8 rings (SSSR count). The van der Waals surface area contributed by atoms with Crippen LogP contribution in [0.4, 0.5) is 0 Å². The van der Waals surface area contributed by atoms with Crippen LogP contribution in [0.25, 0.3) is 76.5 Å². The fraction of sp³-hybridized carbons (Fsp3) is 0. The van der Waals surface area contributed by atoms with Gasteiger partial charge in [-0.3, -0.25) is 0 Å². The highest BCUT2D eigenvalue weighted by Gasteiger charge is 2.20. The maximum absolute atomic E-state index is 2.35. The zero-order valence-corrected chi connectivity index (χ0v) is 20.9. The fourth-order valence-corrected chi connectivity index (χ4v) is 6.42. The van der Waals surface area contributed by atoms with Crippen molar-refractivity contribution >= 4 is 43.1 Å². The van der Waals surface area contributed by atoms with Crippen LogP contribution in [0.2, 0.25) is 0 Å². The number of fused-ring (bicyclic) bond motifs is 2. The fourth-order valence-electron chi connectivity index (χ4n) is 6.42. The van der Waals surface area contributed by atoms with E-state index in [0.29, 0.717) is 0 Å². The molecule has 0 N–H and O–H groups in total. The number of rotatable bonds is 3. The van der Waals surface area contributed by atoms with Gasteiger partial charge in [0, 0.05) is 0 Å². The molecule has 0 bridgehead atoms. The standard InChI is InChI=1S/C38H24/c1-3-11-25(12-4-1)29-18-10-19-30(26-13-5-2-6-14-26)37(29)34-24-23-28-17-8-21-32-31-20-7-15-27-16-9-22-33(35(27)31)38(34)36(28)32/h1-24H. The van der Waals surface area contributed by atoms with Crippen LogP contribution < -0.4 is 0 Å². The molecule has 176 valence electrons. The molecule has 0 radical (unpaired) electrons. The van der Waals surface area contributed by atoms with Gasteiger partial charge in [-0.1, -0.05) is 146 Å². The molecule has 0 heteroatoms. The maximum atomic E-state index is 2.35. The minimum atomic E-state index is 1.23. The summed E-state index contributed by atoms with van der Waals surface area (Å²) in [6.45, 7) is 0. The molecule has 38 heavy (non-hydrogen) atoms. The smallest absolute Gasteiger partial charge is 0.00137 e. The summed E-state index contributed by atoms with van der Waals surface area (Å²) >= 11 is 0. The number of hydrogen-bond acceptors (Lipinski definition) is 0. The van der Waals surface area contributed by atoms with Crippen molar-refractivity contribution in [1.82, 2.24) is 0 Å². The third-order valence-corrected chi connectivity index (χ3v) is 8.01. The normalized spacial score (nSPS) is 11.7. The summed E-state index contributed by atoms with van der Waals surface area (Å²) in [5, 5.41) is 10.6. The summed E-state index contributed by atoms with van der Waals surface area (Å²) in [6, 6.07) is 53.2. The van der Waals surface area contributed by atoms with Crippen molar-refractivity contribution in [1.29, 1.82) is 0 Å². The van der Waals surface area contributed by atoms with Gasteiger partial charge in [0.05, 0.1) is 0 Å². The second kappa shape index (κ2) is 8.30. The van der Waals surface area contributed by atoms with Gasteiger partial charge >= 0.3 is 0 Å². The molecule has 0 unspecified atom stereocenters. The van der Waals surface area contributed by atoms with E-state index in [9.17, 15) is 0 Å². The first-order chi connectivity index (χ1) is 18.9. The Bertz CT molecular complexity index is 2040. The molecule has 8 aromatic rings. The van der Waals surface area contributed by atoms with E-state index < -0.39 is 0 Å². The number of benzene rings is 8. The molecule has 0 spiro atoms. The van der Waals surface area contributed by atoms with Gasteiger partial charge in [0.15, 0.2) is 0 Å². The van der Waals surface area contributed by atoms with Crippen molar-refractivity contribution in [2.45, 2.75) is 0 Å². The van der Waals surface area contributed by atoms with Gasteiger partial charge in [-0.2, -0.15) is 0 Å². The lowest BCUT2D eigenvalue weighted by Crippen LogP contribution is -1.94. The third-order valence-electron chi connectivity index (χ3n) is 8.01. The molecule has 0 aromatic heterocycles. The Morgan fingerprint density at radius 3 is 1.37 bits per heavy atom. The van der Waals surface area contributed by atoms with E-state index in [0.717, 1.165) is 0 Å². The van der Waals surface area contributed by atoms with Crippen molar-refractivity contribution < 1.29 is 0 Å². The zero-order chi connectivity index (χ0) is 25.1. The molecule has 0 saturated heterocycles. The van der Waals surface area contributed by atoms with Gasteiger partial charge in [-0.25, -0.2) is 0 Å². The molecule has 0 heterocycles. The molecular formula is C38H24. The van der Waals surface area contributed by atoms with Gasteiger partial charge in [0.2, 0.25) is 0 Å². The summed E-state index contributed by atoms with van der Waals surface area (Å²) in [7, 11) is 0. The molecule has 0 fully saturated rings. The second-order valence-electron chi connectivity index (χ2n) is 10.1. The Morgan fingerprint density at radius 1 is 0.263 bits per heavy atom. The topological polar surface area (TPSA) is 0 Å². The quantitative estimate of drug-likeness (QED) is 0.174. The van der Waals surface area contributed by atoms with Gasteiger partial charge in [-0.15, -0.1) is 0 Å². The molecule has 0 amide bonds. The summed E-state index contributed by atoms with van der Waals surface area (Å²) in [5.74, 6) is 0. The highest BCUT2D eigenvalue weighted by atomic mass is 14.2. The highest BCUT2D eigenvalue weighted by Crippen LogP contribution is 2.48. The Kier molecular flexibility index (Phi) is 4.62. The third kappa shape index (κ3) is 3.04. The predicted octanol–water partition coefficient (Wildman–Crippen LogP) is 10.7. The number of hydrogen-bond donors (Lipinski definition) is 0. The van der Waals surface area contributed by atoms with Gasteiger partial charge in [0.25, 0.3) is 0 Å². The first-order valence-corrected chi connectivity index (χ1v) is 13.2. The van der Waals surface area contributed by atoms with E-state index in [2.05, 4.69) is 146 Å². The van der Waals surface area contributed by atoms with Gasteiger partial charge in [0.1, 0.15) is 0 Å². The van der Waals surface area contributed by atoms with Crippen molar-refractivity contribution in [3.63, 3.8) is 0 Å².